The smallest absolute Gasteiger partial charge is 0.130 e. The van der Waals surface area contributed by atoms with Gasteiger partial charge in [0.2, 0.25) is 0 Å². The number of hydrogen-bond acceptors (Lipinski definition) is 3. The lowest BCUT2D eigenvalue weighted by Crippen LogP contribution is -2.62. The fraction of sp³-hybridized carbons (Fsp3) is 0.905. The summed E-state index contributed by atoms with van der Waals surface area (Å²) in [7, 11) is 0. The zero-order chi connectivity index (χ0) is 18.2. The highest BCUT2D eigenvalue weighted by Gasteiger charge is 2.67. The molecule has 3 nitrogen and oxygen atoms in total. The Morgan fingerprint density at radius 1 is 0.960 bits per heavy atom. The first-order valence-corrected chi connectivity index (χ1v) is 9.88. The predicted molar refractivity (Wildman–Crippen MR) is 93.2 cm³/mol. The molecule has 0 aromatic carbocycles. The maximum Gasteiger partial charge on any atom is 0.130 e. The van der Waals surface area contributed by atoms with Gasteiger partial charge in [-0.25, -0.2) is 4.39 Å². The van der Waals surface area contributed by atoms with Gasteiger partial charge < -0.3 is 15.3 Å². The van der Waals surface area contributed by atoms with Gasteiger partial charge in [0.15, 0.2) is 0 Å². The van der Waals surface area contributed by atoms with E-state index in [0.29, 0.717) is 19.3 Å². The van der Waals surface area contributed by atoms with Crippen molar-refractivity contribution in [1.29, 1.82) is 0 Å². The van der Waals surface area contributed by atoms with Crippen LogP contribution in [0.3, 0.4) is 0 Å². The minimum atomic E-state index is -1.24. The molecule has 0 aliphatic heterocycles. The summed E-state index contributed by atoms with van der Waals surface area (Å²) in [6.45, 7) is 4.26. The maximum atomic E-state index is 14.8. The van der Waals surface area contributed by atoms with Crippen LogP contribution in [0.1, 0.15) is 58.8 Å². The van der Waals surface area contributed by atoms with E-state index in [1.54, 1.807) is 0 Å². The number of halogens is 1. The van der Waals surface area contributed by atoms with Crippen LogP contribution in [-0.2, 0) is 0 Å². The lowest BCUT2D eigenvalue weighted by Gasteiger charge is -2.62. The molecule has 140 valence electrons. The van der Waals surface area contributed by atoms with Gasteiger partial charge in [-0.2, -0.15) is 0 Å². The Morgan fingerprint density at radius 3 is 2.32 bits per heavy atom. The molecule has 4 fully saturated rings. The van der Waals surface area contributed by atoms with Crippen molar-refractivity contribution in [3.63, 3.8) is 0 Å². The third-order valence-electron chi connectivity index (χ3n) is 9.09. The number of aliphatic hydroxyl groups is 3. The normalized spacial score (nSPS) is 60.9. The van der Waals surface area contributed by atoms with Gasteiger partial charge in [-0.1, -0.05) is 19.8 Å². The number of fused-ring (bicyclic) bond motifs is 5. The van der Waals surface area contributed by atoms with Crippen molar-refractivity contribution >= 4 is 0 Å². The molecule has 4 rings (SSSR count). The molecule has 4 aliphatic carbocycles. The minimum Gasteiger partial charge on any atom is -0.393 e. The lowest BCUT2D eigenvalue weighted by atomic mass is 9.43. The average molecular weight is 350 g/mol. The van der Waals surface area contributed by atoms with Crippen molar-refractivity contribution < 1.29 is 19.7 Å². The van der Waals surface area contributed by atoms with E-state index in [2.05, 4.69) is 19.8 Å². The largest absolute Gasteiger partial charge is 0.393 e. The van der Waals surface area contributed by atoms with Crippen LogP contribution in [-0.4, -0.2) is 39.3 Å². The van der Waals surface area contributed by atoms with E-state index in [0.717, 1.165) is 25.7 Å². The molecule has 3 N–H and O–H groups in total. The molecule has 0 aromatic rings. The monoisotopic (exact) mass is 350 g/mol. The standard InChI is InChI=1S/C21H31FO3/c1-4-21(25)10-6-13-17-12(5-9-20(13,21)3)19(2)8-7-15(23)18(22)14(19)11-16(17)24/h1,12-18,23-25H,5-11H2,2-3H3/t12-,13-,14?,15+,16+,17+,18-,19+,20-,21-/m0/s1. The van der Waals surface area contributed by atoms with Gasteiger partial charge in [0.1, 0.15) is 11.8 Å². The van der Waals surface area contributed by atoms with Crippen molar-refractivity contribution in [2.45, 2.75) is 82.8 Å². The van der Waals surface area contributed by atoms with E-state index in [-0.39, 0.29) is 34.5 Å². The first-order chi connectivity index (χ1) is 11.7. The minimum absolute atomic E-state index is 0.0739. The highest BCUT2D eigenvalue weighted by Crippen LogP contribution is 2.68. The molecule has 10 atom stereocenters. The first-order valence-electron chi connectivity index (χ1n) is 9.88. The molecule has 4 heteroatoms. The van der Waals surface area contributed by atoms with Gasteiger partial charge >= 0.3 is 0 Å². The molecule has 4 saturated carbocycles. The van der Waals surface area contributed by atoms with E-state index in [1.165, 1.54) is 0 Å². The summed E-state index contributed by atoms with van der Waals surface area (Å²) in [5.41, 5.74) is -1.64. The molecule has 0 spiro atoms. The Labute approximate surface area is 150 Å². The van der Waals surface area contributed by atoms with Crippen molar-refractivity contribution in [3.8, 4) is 12.3 Å². The summed E-state index contributed by atoms with van der Waals surface area (Å²) < 4.78 is 14.8. The number of aliphatic hydroxyl groups excluding tert-OH is 2. The number of alkyl halides is 1. The van der Waals surface area contributed by atoms with Crippen LogP contribution >= 0.6 is 0 Å². The second-order valence-corrected chi connectivity index (χ2v) is 9.76. The van der Waals surface area contributed by atoms with Crippen molar-refractivity contribution in [2.75, 3.05) is 0 Å². The second kappa shape index (κ2) is 5.44. The quantitative estimate of drug-likeness (QED) is 0.589. The fourth-order valence-electron chi connectivity index (χ4n) is 7.47. The van der Waals surface area contributed by atoms with E-state index < -0.39 is 24.0 Å². The molecule has 4 aliphatic rings. The van der Waals surface area contributed by atoms with E-state index in [9.17, 15) is 19.7 Å². The molecule has 0 radical (unpaired) electrons. The van der Waals surface area contributed by atoms with E-state index in [4.69, 9.17) is 6.42 Å². The van der Waals surface area contributed by atoms with Crippen LogP contribution in [0.5, 0.6) is 0 Å². The molecule has 0 bridgehead atoms. The van der Waals surface area contributed by atoms with Crippen LogP contribution in [0.4, 0.5) is 4.39 Å². The highest BCUT2D eigenvalue weighted by atomic mass is 19.1. The second-order valence-electron chi connectivity index (χ2n) is 9.76. The Kier molecular flexibility index (Phi) is 3.87. The summed E-state index contributed by atoms with van der Waals surface area (Å²) in [5, 5.41) is 32.0. The number of rotatable bonds is 0. The molecule has 0 amide bonds. The van der Waals surface area contributed by atoms with E-state index >= 15 is 0 Å². The zero-order valence-electron chi connectivity index (χ0n) is 15.3. The van der Waals surface area contributed by atoms with Gasteiger partial charge in [-0.15, -0.1) is 6.42 Å². The summed E-state index contributed by atoms with van der Waals surface area (Å²) in [6.07, 6.45) is 7.83. The molecular weight excluding hydrogens is 319 g/mol. The maximum absolute atomic E-state index is 14.8. The van der Waals surface area contributed by atoms with Gasteiger partial charge in [0.25, 0.3) is 0 Å². The Hall–Kier alpha value is -0.630. The topological polar surface area (TPSA) is 60.7 Å². The Morgan fingerprint density at radius 2 is 1.64 bits per heavy atom. The van der Waals surface area contributed by atoms with Crippen molar-refractivity contribution in [1.82, 2.24) is 0 Å². The highest BCUT2D eigenvalue weighted by molar-refractivity contribution is 5.24. The third kappa shape index (κ3) is 2.10. The van der Waals surface area contributed by atoms with Crippen LogP contribution < -0.4 is 0 Å². The molecule has 0 aromatic heterocycles. The van der Waals surface area contributed by atoms with Gasteiger partial charge in [0, 0.05) is 11.3 Å². The first kappa shape index (κ1) is 17.8. The van der Waals surface area contributed by atoms with Gasteiger partial charge in [-0.05, 0) is 68.1 Å². The van der Waals surface area contributed by atoms with Gasteiger partial charge in [-0.3, -0.25) is 0 Å². The number of hydrogen-bond donors (Lipinski definition) is 3. The molecule has 1 unspecified atom stereocenters. The average Bonchev–Trinajstić information content (AvgIpc) is 2.86. The van der Waals surface area contributed by atoms with Crippen LogP contribution in [0.25, 0.3) is 0 Å². The lowest BCUT2D eigenvalue weighted by molar-refractivity contribution is -0.200. The summed E-state index contributed by atoms with van der Waals surface area (Å²) in [6, 6.07) is 0. The Bertz CT molecular complexity index is 602. The molecule has 0 saturated heterocycles. The zero-order valence-corrected chi connectivity index (χ0v) is 15.3. The SMILES string of the molecule is C#C[C@]1(O)CC[C@H]2[C@@H]3[C@H](O)CC4[C@H](F)[C@H](O)CC[C@]4(C)[C@H]3CC[C@@]21C. The summed E-state index contributed by atoms with van der Waals surface area (Å²) in [4.78, 5) is 0. The third-order valence-corrected chi connectivity index (χ3v) is 9.09. The van der Waals surface area contributed by atoms with Crippen LogP contribution in [0.15, 0.2) is 0 Å². The van der Waals surface area contributed by atoms with E-state index in [1.807, 2.05) is 0 Å². The molecule has 25 heavy (non-hydrogen) atoms. The molecule has 0 heterocycles. The predicted octanol–water partition coefficient (Wildman–Crippen LogP) is 2.67. The van der Waals surface area contributed by atoms with Crippen LogP contribution in [0.2, 0.25) is 0 Å². The van der Waals surface area contributed by atoms with Gasteiger partial charge in [0.05, 0.1) is 12.2 Å². The van der Waals surface area contributed by atoms with Crippen LogP contribution in [0, 0.1) is 46.8 Å². The summed E-state index contributed by atoms with van der Waals surface area (Å²) in [5.74, 6) is 2.88. The fourth-order valence-corrected chi connectivity index (χ4v) is 7.47. The van der Waals surface area contributed by atoms with Crippen molar-refractivity contribution in [3.05, 3.63) is 0 Å². The molecular formula is C21H31FO3. The Balaban J connectivity index is 1.71. The number of terminal acetylenes is 1. The summed E-state index contributed by atoms with van der Waals surface area (Å²) >= 11 is 0. The van der Waals surface area contributed by atoms with Crippen molar-refractivity contribution in [2.24, 2.45) is 34.5 Å².